The first kappa shape index (κ1) is 27.5. The molecule has 0 bridgehead atoms. The lowest BCUT2D eigenvalue weighted by molar-refractivity contribution is -0.211. The van der Waals surface area contributed by atoms with Crippen molar-refractivity contribution in [3.63, 3.8) is 0 Å². The number of aliphatic hydroxyl groups excluding tert-OH is 1. The van der Waals surface area contributed by atoms with Gasteiger partial charge in [0.25, 0.3) is 0 Å². The number of carbonyl (C=O) groups excluding carboxylic acids is 4. The van der Waals surface area contributed by atoms with Crippen LogP contribution in [0, 0.1) is 34.5 Å². The molecule has 208 valence electrons. The van der Waals surface area contributed by atoms with Crippen molar-refractivity contribution in [2.45, 2.75) is 83.0 Å². The highest BCUT2D eigenvalue weighted by Crippen LogP contribution is 2.71. The van der Waals surface area contributed by atoms with Crippen LogP contribution in [-0.2, 0) is 28.7 Å². The molecule has 5 aliphatic rings. The van der Waals surface area contributed by atoms with Gasteiger partial charge in [-0.1, -0.05) is 32.5 Å². The third kappa shape index (κ3) is 3.68. The van der Waals surface area contributed by atoms with Crippen molar-refractivity contribution in [2.24, 2.45) is 34.5 Å². The molecule has 4 fully saturated rings. The van der Waals surface area contributed by atoms with Crippen LogP contribution >= 0.6 is 11.8 Å². The van der Waals surface area contributed by atoms with Crippen LogP contribution in [0.15, 0.2) is 23.5 Å². The van der Waals surface area contributed by atoms with E-state index >= 15 is 8.78 Å². The topological polar surface area (TPSA) is 107 Å². The largest absolute Gasteiger partial charge is 0.465 e. The first-order chi connectivity index (χ1) is 17.8. The van der Waals surface area contributed by atoms with Crippen molar-refractivity contribution in [1.82, 2.24) is 0 Å². The molecule has 0 spiro atoms. The third-order valence-corrected chi connectivity index (χ3v) is 11.2. The van der Waals surface area contributed by atoms with Crippen molar-refractivity contribution < 1.29 is 42.5 Å². The summed E-state index contributed by atoms with van der Waals surface area (Å²) in [6.45, 7) is 7.00. The summed E-state index contributed by atoms with van der Waals surface area (Å²) in [5.41, 5.74) is -5.27. The molecule has 1 heterocycles. The number of carbonyl (C=O) groups is 4. The van der Waals surface area contributed by atoms with Gasteiger partial charge in [0.05, 0.1) is 18.1 Å². The second-order valence-electron chi connectivity index (χ2n) is 11.9. The highest BCUT2D eigenvalue weighted by atomic mass is 32.2. The number of allylic oxidation sites excluding steroid dienone is 3. The van der Waals surface area contributed by atoms with Crippen LogP contribution < -0.4 is 0 Å². The summed E-state index contributed by atoms with van der Waals surface area (Å²) in [5, 5.41) is 10.8. The zero-order valence-corrected chi connectivity index (χ0v) is 22.8. The van der Waals surface area contributed by atoms with Gasteiger partial charge in [-0.2, -0.15) is 0 Å². The quantitative estimate of drug-likeness (QED) is 0.522. The molecule has 10 heteroatoms. The van der Waals surface area contributed by atoms with E-state index in [-0.39, 0.29) is 48.2 Å². The van der Waals surface area contributed by atoms with Gasteiger partial charge in [0, 0.05) is 30.8 Å². The van der Waals surface area contributed by atoms with Gasteiger partial charge in [-0.3, -0.25) is 19.2 Å². The molecule has 0 unspecified atom stereocenters. The number of halogens is 2. The number of alkyl halides is 2. The number of thioether (sulfide) groups is 1. The molecule has 5 rings (SSSR count). The fourth-order valence-corrected chi connectivity index (χ4v) is 9.58. The molecule has 0 amide bonds. The van der Waals surface area contributed by atoms with Gasteiger partial charge in [0.2, 0.25) is 0 Å². The minimum Gasteiger partial charge on any atom is -0.465 e. The Morgan fingerprint density at radius 2 is 1.92 bits per heavy atom. The molecule has 0 aromatic heterocycles. The minimum atomic E-state index is -2.44. The number of aliphatic hydroxyl groups is 1. The Kier molecular flexibility index (Phi) is 6.69. The Balaban J connectivity index is 1.54. The zero-order chi connectivity index (χ0) is 27.8. The Morgan fingerprint density at radius 1 is 1.21 bits per heavy atom. The van der Waals surface area contributed by atoms with E-state index in [2.05, 4.69) is 0 Å². The normalized spacial score (nSPS) is 45.8. The predicted octanol–water partition coefficient (Wildman–Crippen LogP) is 4.02. The molecule has 1 N–H and O–H groups in total. The molecule has 0 aromatic carbocycles. The second kappa shape index (κ2) is 9.25. The maximum absolute atomic E-state index is 17.7. The summed E-state index contributed by atoms with van der Waals surface area (Å²) in [6.07, 6.45) is -0.688. The van der Waals surface area contributed by atoms with Crippen LogP contribution in [-0.4, -0.2) is 57.7 Å². The zero-order valence-electron chi connectivity index (χ0n) is 22.0. The Hall–Kier alpha value is -2.07. The average molecular weight is 553 g/mol. The molecule has 0 radical (unpaired) electrons. The first-order valence-electron chi connectivity index (χ1n) is 13.4. The number of esters is 2. The van der Waals surface area contributed by atoms with Gasteiger partial charge in [0.1, 0.15) is 17.2 Å². The Labute approximate surface area is 224 Å². The van der Waals surface area contributed by atoms with E-state index in [9.17, 15) is 24.3 Å². The number of hydrogen-bond donors (Lipinski definition) is 1. The maximum atomic E-state index is 17.7. The monoisotopic (exact) mass is 552 g/mol. The van der Waals surface area contributed by atoms with Crippen molar-refractivity contribution >= 4 is 34.6 Å². The minimum absolute atomic E-state index is 0.0286. The fraction of sp³-hybridized carbons (Fsp3) is 0.714. The SMILES string of the molecule is CCC(=O)OC1=CC(=O)C=C2[C@@H](F)C[C@H]3[C@@H]4C[C@@H](C)[C@H](C(=O)S[C@H]5CCOC5=O)[C@@]4(C)C[C@H](O)[C@]3(F)[C@@]12C. The van der Waals surface area contributed by atoms with Crippen LogP contribution in [0.2, 0.25) is 0 Å². The van der Waals surface area contributed by atoms with E-state index in [4.69, 9.17) is 9.47 Å². The van der Waals surface area contributed by atoms with Crippen molar-refractivity contribution in [2.75, 3.05) is 6.61 Å². The van der Waals surface area contributed by atoms with E-state index in [1.807, 2.05) is 13.8 Å². The van der Waals surface area contributed by atoms with Crippen LogP contribution in [0.3, 0.4) is 0 Å². The lowest BCUT2D eigenvalue weighted by Crippen LogP contribution is -2.69. The van der Waals surface area contributed by atoms with Gasteiger partial charge >= 0.3 is 11.9 Å². The first-order valence-corrected chi connectivity index (χ1v) is 14.2. The van der Waals surface area contributed by atoms with E-state index < -0.39 is 69.5 Å². The van der Waals surface area contributed by atoms with E-state index in [0.717, 1.165) is 23.9 Å². The van der Waals surface area contributed by atoms with Gasteiger partial charge in [0.15, 0.2) is 16.6 Å². The summed E-state index contributed by atoms with van der Waals surface area (Å²) in [4.78, 5) is 50.2. The maximum Gasteiger partial charge on any atom is 0.319 e. The molecule has 1 aliphatic heterocycles. The molecule has 4 aliphatic carbocycles. The molecule has 0 aromatic rings. The molecule has 3 saturated carbocycles. The number of cyclic esters (lactones) is 1. The smallest absolute Gasteiger partial charge is 0.319 e. The van der Waals surface area contributed by atoms with Crippen LogP contribution in [0.5, 0.6) is 0 Å². The highest BCUT2D eigenvalue weighted by molar-refractivity contribution is 8.14. The highest BCUT2D eigenvalue weighted by Gasteiger charge is 2.75. The Morgan fingerprint density at radius 3 is 2.55 bits per heavy atom. The van der Waals surface area contributed by atoms with E-state index in [1.54, 1.807) is 6.92 Å². The predicted molar refractivity (Wildman–Crippen MR) is 134 cm³/mol. The fourth-order valence-electron chi connectivity index (χ4n) is 8.28. The summed E-state index contributed by atoms with van der Waals surface area (Å²) in [6, 6.07) is 0. The lowest BCUT2D eigenvalue weighted by atomic mass is 9.44. The van der Waals surface area contributed by atoms with Crippen LogP contribution in [0.1, 0.15) is 59.8 Å². The summed E-state index contributed by atoms with van der Waals surface area (Å²) in [7, 11) is 0. The lowest BCUT2D eigenvalue weighted by Gasteiger charge is -2.62. The molecule has 10 atom stereocenters. The summed E-state index contributed by atoms with van der Waals surface area (Å²) in [5.74, 6) is -4.17. The number of rotatable bonds is 4. The van der Waals surface area contributed by atoms with Gasteiger partial charge in [-0.05, 0) is 55.1 Å². The molecule has 7 nitrogen and oxygen atoms in total. The number of hydrogen-bond acceptors (Lipinski definition) is 8. The van der Waals surface area contributed by atoms with Gasteiger partial charge < -0.3 is 14.6 Å². The van der Waals surface area contributed by atoms with Gasteiger partial charge in [-0.15, -0.1) is 0 Å². The number of fused-ring (bicyclic) bond motifs is 5. The van der Waals surface area contributed by atoms with Crippen molar-refractivity contribution in [3.05, 3.63) is 23.5 Å². The van der Waals surface area contributed by atoms with E-state index in [1.165, 1.54) is 6.92 Å². The Bertz CT molecular complexity index is 1150. The van der Waals surface area contributed by atoms with Crippen LogP contribution in [0.25, 0.3) is 0 Å². The standard InChI is InChI=1S/C28H34F2O7S/c1-5-22(33)37-21-10-14(31)9-17-18(29)11-16-15-8-13(2)23(25(35)38-19-6-7-36-24(19)34)26(15,3)12-20(32)28(16,30)27(17,21)4/h9-10,13,15-16,18-20,23,32H,5-8,11-12H2,1-4H3/t13-,15+,16+,18+,19+,20+,23-,26+,27-,28+/m1/s1. The molecular formula is C28H34F2O7S. The van der Waals surface area contributed by atoms with E-state index in [0.29, 0.717) is 12.8 Å². The molecule has 1 saturated heterocycles. The average Bonchev–Trinajstić information content (AvgIpc) is 3.36. The van der Waals surface area contributed by atoms with Gasteiger partial charge in [-0.25, -0.2) is 8.78 Å². The van der Waals surface area contributed by atoms with Crippen LogP contribution in [0.4, 0.5) is 8.78 Å². The summed E-state index contributed by atoms with van der Waals surface area (Å²) < 4.78 is 44.1. The number of ether oxygens (including phenoxy) is 2. The molecule has 38 heavy (non-hydrogen) atoms. The van der Waals surface area contributed by atoms with Crippen molar-refractivity contribution in [1.29, 1.82) is 0 Å². The van der Waals surface area contributed by atoms with Crippen molar-refractivity contribution in [3.8, 4) is 0 Å². The third-order valence-electron chi connectivity index (χ3n) is 10.0. The number of ketones is 1. The second-order valence-corrected chi connectivity index (χ2v) is 13.2. The summed E-state index contributed by atoms with van der Waals surface area (Å²) >= 11 is 0.952. The molecular weight excluding hydrogens is 518 g/mol.